The van der Waals surface area contributed by atoms with Crippen molar-refractivity contribution in [3.8, 4) is 0 Å². The van der Waals surface area contributed by atoms with Gasteiger partial charge in [0.05, 0.1) is 12.0 Å². The molecule has 1 fully saturated rings. The SMILES string of the molecule is CCO[C@H]1CC[C@H](C(=O)O)CC1. The number of carboxylic acids is 1. The van der Waals surface area contributed by atoms with E-state index in [1.165, 1.54) is 0 Å². The monoisotopic (exact) mass is 172 g/mol. The zero-order chi connectivity index (χ0) is 8.97. The molecule has 1 aliphatic carbocycles. The van der Waals surface area contributed by atoms with Gasteiger partial charge in [-0.15, -0.1) is 0 Å². The number of hydrogen-bond donors (Lipinski definition) is 1. The normalized spacial score (nSPS) is 30.1. The van der Waals surface area contributed by atoms with E-state index in [-0.39, 0.29) is 5.92 Å². The molecule has 3 heteroatoms. The van der Waals surface area contributed by atoms with Crippen molar-refractivity contribution >= 4 is 5.97 Å². The predicted octanol–water partition coefficient (Wildman–Crippen LogP) is 1.67. The van der Waals surface area contributed by atoms with Crippen LogP contribution in [0.5, 0.6) is 0 Å². The van der Waals surface area contributed by atoms with Crippen molar-refractivity contribution in [1.29, 1.82) is 0 Å². The van der Waals surface area contributed by atoms with Gasteiger partial charge in [0.25, 0.3) is 0 Å². The first kappa shape index (κ1) is 9.52. The smallest absolute Gasteiger partial charge is 0.306 e. The Morgan fingerprint density at radius 2 is 2.00 bits per heavy atom. The Bertz CT molecular complexity index is 148. The van der Waals surface area contributed by atoms with Gasteiger partial charge in [0.15, 0.2) is 0 Å². The van der Waals surface area contributed by atoms with Crippen LogP contribution in [0.25, 0.3) is 0 Å². The van der Waals surface area contributed by atoms with E-state index in [1.807, 2.05) is 6.92 Å². The minimum Gasteiger partial charge on any atom is -0.481 e. The lowest BCUT2D eigenvalue weighted by Gasteiger charge is -2.25. The summed E-state index contributed by atoms with van der Waals surface area (Å²) in [6, 6.07) is 0. The molecule has 0 radical (unpaired) electrons. The van der Waals surface area contributed by atoms with Gasteiger partial charge in [-0.1, -0.05) is 0 Å². The second kappa shape index (κ2) is 4.45. The summed E-state index contributed by atoms with van der Waals surface area (Å²) in [7, 11) is 0. The van der Waals surface area contributed by atoms with E-state index >= 15 is 0 Å². The summed E-state index contributed by atoms with van der Waals surface area (Å²) in [6.07, 6.45) is 3.68. The van der Waals surface area contributed by atoms with Crippen molar-refractivity contribution < 1.29 is 14.6 Å². The maximum absolute atomic E-state index is 10.6. The highest BCUT2D eigenvalue weighted by Crippen LogP contribution is 2.26. The molecule has 70 valence electrons. The number of rotatable bonds is 3. The van der Waals surface area contributed by atoms with E-state index in [1.54, 1.807) is 0 Å². The van der Waals surface area contributed by atoms with E-state index in [9.17, 15) is 4.79 Å². The van der Waals surface area contributed by atoms with Gasteiger partial charge in [-0.25, -0.2) is 0 Å². The van der Waals surface area contributed by atoms with E-state index in [0.29, 0.717) is 6.10 Å². The van der Waals surface area contributed by atoms with Crippen LogP contribution in [0.1, 0.15) is 32.6 Å². The molecule has 0 amide bonds. The lowest BCUT2D eigenvalue weighted by molar-refractivity contribution is -0.143. The number of ether oxygens (including phenoxy) is 1. The zero-order valence-corrected chi connectivity index (χ0v) is 7.45. The van der Waals surface area contributed by atoms with Crippen LogP contribution < -0.4 is 0 Å². The van der Waals surface area contributed by atoms with Crippen LogP contribution in [0.3, 0.4) is 0 Å². The highest BCUT2D eigenvalue weighted by atomic mass is 16.5. The molecule has 0 unspecified atom stereocenters. The van der Waals surface area contributed by atoms with Gasteiger partial charge < -0.3 is 9.84 Å². The minimum absolute atomic E-state index is 0.123. The first-order valence-corrected chi connectivity index (χ1v) is 4.58. The molecular formula is C9H16O3. The van der Waals surface area contributed by atoms with Crippen LogP contribution in [-0.4, -0.2) is 23.8 Å². The molecule has 0 spiro atoms. The van der Waals surface area contributed by atoms with Crippen LogP contribution in [0.15, 0.2) is 0 Å². The fraction of sp³-hybridized carbons (Fsp3) is 0.889. The predicted molar refractivity (Wildman–Crippen MR) is 45.0 cm³/mol. The lowest BCUT2D eigenvalue weighted by Crippen LogP contribution is -2.25. The molecule has 3 nitrogen and oxygen atoms in total. The van der Waals surface area contributed by atoms with Crippen molar-refractivity contribution in [2.75, 3.05) is 6.61 Å². The molecule has 0 aromatic carbocycles. The molecule has 1 aliphatic rings. The third-order valence-electron chi connectivity index (χ3n) is 2.43. The molecule has 1 saturated carbocycles. The van der Waals surface area contributed by atoms with Gasteiger partial charge in [-0.3, -0.25) is 4.79 Å². The second-order valence-corrected chi connectivity index (χ2v) is 3.27. The van der Waals surface area contributed by atoms with E-state index in [4.69, 9.17) is 9.84 Å². The number of carbonyl (C=O) groups is 1. The fourth-order valence-electron chi connectivity index (χ4n) is 1.71. The molecule has 0 aliphatic heterocycles. The van der Waals surface area contributed by atoms with E-state index in [0.717, 1.165) is 32.3 Å². The van der Waals surface area contributed by atoms with Gasteiger partial charge >= 0.3 is 5.97 Å². The Morgan fingerprint density at radius 1 is 1.42 bits per heavy atom. The van der Waals surface area contributed by atoms with Crippen molar-refractivity contribution in [1.82, 2.24) is 0 Å². The second-order valence-electron chi connectivity index (χ2n) is 3.27. The Morgan fingerprint density at radius 3 is 2.42 bits per heavy atom. The van der Waals surface area contributed by atoms with Gasteiger partial charge in [0.1, 0.15) is 0 Å². The third kappa shape index (κ3) is 2.48. The Labute approximate surface area is 72.7 Å². The van der Waals surface area contributed by atoms with Crippen LogP contribution in [0.4, 0.5) is 0 Å². The summed E-state index contributed by atoms with van der Waals surface area (Å²) >= 11 is 0. The largest absolute Gasteiger partial charge is 0.481 e. The first-order chi connectivity index (χ1) is 5.74. The third-order valence-corrected chi connectivity index (χ3v) is 2.43. The zero-order valence-electron chi connectivity index (χ0n) is 7.45. The Kier molecular flexibility index (Phi) is 3.53. The average Bonchev–Trinajstić information content (AvgIpc) is 2.06. The standard InChI is InChI=1S/C9H16O3/c1-2-12-8-5-3-7(4-6-8)9(10)11/h7-8H,2-6H2,1H3,(H,10,11)/t7-,8-. The molecule has 1 N–H and O–H groups in total. The topological polar surface area (TPSA) is 46.5 Å². The van der Waals surface area contributed by atoms with Gasteiger partial charge in [-0.2, -0.15) is 0 Å². The summed E-state index contributed by atoms with van der Waals surface area (Å²) in [5.41, 5.74) is 0. The maximum Gasteiger partial charge on any atom is 0.306 e. The molecule has 12 heavy (non-hydrogen) atoms. The van der Waals surface area contributed by atoms with Crippen molar-refractivity contribution in [3.05, 3.63) is 0 Å². The van der Waals surface area contributed by atoms with Crippen molar-refractivity contribution in [2.45, 2.75) is 38.7 Å². The van der Waals surface area contributed by atoms with Crippen LogP contribution in [0, 0.1) is 5.92 Å². The summed E-state index contributed by atoms with van der Waals surface area (Å²) in [4.78, 5) is 10.6. The minimum atomic E-state index is -0.648. The maximum atomic E-state index is 10.6. The highest BCUT2D eigenvalue weighted by Gasteiger charge is 2.25. The molecule has 0 aromatic rings. The Balaban J connectivity index is 2.25. The number of hydrogen-bond acceptors (Lipinski definition) is 2. The number of carboxylic acid groups (broad SMARTS) is 1. The van der Waals surface area contributed by atoms with Crippen molar-refractivity contribution in [3.63, 3.8) is 0 Å². The van der Waals surface area contributed by atoms with Gasteiger partial charge in [-0.05, 0) is 32.6 Å². The summed E-state index contributed by atoms with van der Waals surface area (Å²) in [5, 5.41) is 8.71. The molecular weight excluding hydrogens is 156 g/mol. The Hall–Kier alpha value is -0.570. The number of aliphatic carboxylic acids is 1. The average molecular weight is 172 g/mol. The van der Waals surface area contributed by atoms with Crippen molar-refractivity contribution in [2.24, 2.45) is 5.92 Å². The highest BCUT2D eigenvalue weighted by molar-refractivity contribution is 5.69. The van der Waals surface area contributed by atoms with Gasteiger partial charge in [0.2, 0.25) is 0 Å². The first-order valence-electron chi connectivity index (χ1n) is 4.58. The molecule has 0 aromatic heterocycles. The molecule has 0 atom stereocenters. The molecule has 0 heterocycles. The summed E-state index contributed by atoms with van der Waals surface area (Å²) < 4.78 is 5.42. The quantitative estimate of drug-likeness (QED) is 0.704. The van der Waals surface area contributed by atoms with E-state index in [2.05, 4.69) is 0 Å². The fourth-order valence-corrected chi connectivity index (χ4v) is 1.71. The van der Waals surface area contributed by atoms with E-state index < -0.39 is 5.97 Å². The van der Waals surface area contributed by atoms with Crippen LogP contribution in [0.2, 0.25) is 0 Å². The van der Waals surface area contributed by atoms with Crippen LogP contribution in [-0.2, 0) is 9.53 Å². The summed E-state index contributed by atoms with van der Waals surface area (Å²) in [6.45, 7) is 2.71. The van der Waals surface area contributed by atoms with Gasteiger partial charge in [0, 0.05) is 6.61 Å². The lowest BCUT2D eigenvalue weighted by atomic mass is 9.87. The molecule has 1 rings (SSSR count). The van der Waals surface area contributed by atoms with Crippen LogP contribution >= 0.6 is 0 Å². The molecule has 0 saturated heterocycles. The molecule has 0 bridgehead atoms. The summed E-state index contributed by atoms with van der Waals surface area (Å²) in [5.74, 6) is -0.772.